The van der Waals surface area contributed by atoms with Gasteiger partial charge in [-0.15, -0.1) is 0 Å². The first-order valence-electron chi connectivity index (χ1n) is 9.86. The van der Waals surface area contributed by atoms with Crippen molar-refractivity contribution in [1.82, 2.24) is 0 Å². The van der Waals surface area contributed by atoms with Crippen molar-refractivity contribution in [2.24, 2.45) is 0 Å². The van der Waals surface area contributed by atoms with Gasteiger partial charge in [0.05, 0.1) is 16.8 Å². The Labute approximate surface area is 162 Å². The molecule has 0 spiro atoms. The number of unbranched alkanes of at least 4 members (excludes halogenated alkanes) is 1. The molecule has 0 unspecified atom stereocenters. The summed E-state index contributed by atoms with van der Waals surface area (Å²) in [6.07, 6.45) is 3.51. The maximum Gasteiger partial charge on any atom is 0.538 e. The molecule has 0 amide bonds. The minimum absolute atomic E-state index is 0.371. The van der Waals surface area contributed by atoms with Crippen molar-refractivity contribution in [1.29, 1.82) is 0 Å². The summed E-state index contributed by atoms with van der Waals surface area (Å²) in [5.74, 6) is 0. The lowest BCUT2D eigenvalue weighted by molar-refractivity contribution is -0.0655. The van der Waals surface area contributed by atoms with Crippen LogP contribution >= 0.6 is 0 Å². The molecular formula is C22H40O3Si. The lowest BCUT2D eigenvalue weighted by atomic mass is 10.1. The van der Waals surface area contributed by atoms with Crippen molar-refractivity contribution < 1.29 is 13.3 Å². The van der Waals surface area contributed by atoms with Crippen LogP contribution in [0.25, 0.3) is 0 Å². The van der Waals surface area contributed by atoms with Gasteiger partial charge in [0.1, 0.15) is 0 Å². The summed E-state index contributed by atoms with van der Waals surface area (Å²) in [5.41, 5.74) is 0.234. The highest BCUT2D eigenvalue weighted by Crippen LogP contribution is 2.29. The monoisotopic (exact) mass is 380 g/mol. The van der Waals surface area contributed by atoms with E-state index in [-0.39, 0.29) is 16.8 Å². The Morgan fingerprint density at radius 1 is 0.692 bits per heavy atom. The number of hydrogen-bond donors (Lipinski definition) is 0. The van der Waals surface area contributed by atoms with Crippen molar-refractivity contribution in [2.45, 2.75) is 105 Å². The van der Waals surface area contributed by atoms with Gasteiger partial charge >= 0.3 is 8.80 Å². The Balaban J connectivity index is 3.38. The minimum Gasteiger partial charge on any atom is -0.365 e. The zero-order chi connectivity index (χ0) is 20.2. The molecule has 0 saturated heterocycles. The van der Waals surface area contributed by atoms with Gasteiger partial charge in [-0.1, -0.05) is 37.6 Å². The fourth-order valence-electron chi connectivity index (χ4n) is 2.70. The Kier molecular flexibility index (Phi) is 7.68. The molecule has 0 aliphatic rings. The second kappa shape index (κ2) is 8.55. The molecule has 26 heavy (non-hydrogen) atoms. The summed E-state index contributed by atoms with van der Waals surface area (Å²) in [7, 11) is -3.13. The SMILES string of the molecule is CCCCc1ccc([Si](OC(C)(C)C)(OC(C)(C)C)OC(C)(C)C)cc1. The molecule has 0 bridgehead atoms. The molecule has 1 rings (SSSR count). The zero-order valence-electron chi connectivity index (χ0n) is 18.7. The van der Waals surface area contributed by atoms with Crippen LogP contribution in [0.15, 0.2) is 24.3 Å². The second-order valence-electron chi connectivity index (χ2n) is 10.00. The average molecular weight is 381 g/mol. The highest BCUT2D eigenvalue weighted by Gasteiger charge is 2.52. The highest BCUT2D eigenvalue weighted by atomic mass is 28.4. The first-order chi connectivity index (χ1) is 11.7. The standard InChI is InChI=1S/C22H40O3Si/c1-11-12-13-18-14-16-19(17-15-18)26(23-20(2,3)4,24-21(5,6)7)25-22(8,9)10/h14-17H,11-13H2,1-10H3. The van der Waals surface area contributed by atoms with Crippen LogP contribution in [0.2, 0.25) is 0 Å². The third-order valence-corrected chi connectivity index (χ3v) is 7.13. The molecule has 3 nitrogen and oxygen atoms in total. The molecule has 150 valence electrons. The number of hydrogen-bond acceptors (Lipinski definition) is 3. The first-order valence-corrected chi connectivity index (χ1v) is 11.6. The normalized spacial score (nSPS) is 13.9. The fraction of sp³-hybridized carbons (Fsp3) is 0.727. The number of aryl methyl sites for hydroxylation is 1. The van der Waals surface area contributed by atoms with Crippen molar-refractivity contribution in [3.63, 3.8) is 0 Å². The topological polar surface area (TPSA) is 27.7 Å². The van der Waals surface area contributed by atoms with Crippen LogP contribution in [0.1, 0.15) is 87.6 Å². The van der Waals surface area contributed by atoms with Gasteiger partial charge in [0.2, 0.25) is 0 Å². The van der Waals surface area contributed by atoms with Crippen LogP contribution in [0.4, 0.5) is 0 Å². The van der Waals surface area contributed by atoms with Crippen LogP contribution in [0.3, 0.4) is 0 Å². The molecule has 0 heterocycles. The molecular weight excluding hydrogens is 340 g/mol. The van der Waals surface area contributed by atoms with Crippen LogP contribution < -0.4 is 5.19 Å². The van der Waals surface area contributed by atoms with Gasteiger partial charge in [-0.2, -0.15) is 0 Å². The second-order valence-corrected chi connectivity index (χ2v) is 12.3. The molecule has 0 aromatic heterocycles. The molecule has 0 fully saturated rings. The van der Waals surface area contributed by atoms with Crippen molar-refractivity contribution >= 4 is 14.0 Å². The summed E-state index contributed by atoms with van der Waals surface area (Å²) in [5, 5.41) is 1.03. The Morgan fingerprint density at radius 2 is 1.08 bits per heavy atom. The van der Waals surface area contributed by atoms with E-state index in [0.717, 1.165) is 11.6 Å². The first kappa shape index (κ1) is 23.4. The molecule has 0 aliphatic heterocycles. The van der Waals surface area contributed by atoms with E-state index in [1.54, 1.807) is 0 Å². The van der Waals surface area contributed by atoms with Crippen LogP contribution in [0, 0.1) is 0 Å². The molecule has 1 aromatic carbocycles. The van der Waals surface area contributed by atoms with E-state index in [9.17, 15) is 0 Å². The van der Waals surface area contributed by atoms with Gasteiger partial charge in [-0.3, -0.25) is 0 Å². The molecule has 0 saturated carbocycles. The maximum absolute atomic E-state index is 6.58. The lowest BCUT2D eigenvalue weighted by Gasteiger charge is -2.43. The molecule has 0 aliphatic carbocycles. The van der Waals surface area contributed by atoms with Gasteiger partial charge < -0.3 is 13.3 Å². The van der Waals surface area contributed by atoms with E-state index in [2.05, 4.69) is 93.5 Å². The summed E-state index contributed by atoms with van der Waals surface area (Å²) in [4.78, 5) is 0. The molecule has 1 aromatic rings. The van der Waals surface area contributed by atoms with Gasteiger partial charge in [0, 0.05) is 5.19 Å². The highest BCUT2D eigenvalue weighted by molar-refractivity contribution is 6.75. The van der Waals surface area contributed by atoms with Gasteiger partial charge in [0.25, 0.3) is 0 Å². The summed E-state index contributed by atoms with van der Waals surface area (Å²) < 4.78 is 19.7. The largest absolute Gasteiger partial charge is 0.538 e. The van der Waals surface area contributed by atoms with E-state index in [1.807, 2.05) is 0 Å². The Bertz CT molecular complexity index is 504. The van der Waals surface area contributed by atoms with Crippen LogP contribution in [0.5, 0.6) is 0 Å². The maximum atomic E-state index is 6.58. The zero-order valence-corrected chi connectivity index (χ0v) is 19.7. The third kappa shape index (κ3) is 8.34. The molecule has 0 atom stereocenters. The van der Waals surface area contributed by atoms with Gasteiger partial charge in [0.15, 0.2) is 0 Å². The summed E-state index contributed by atoms with van der Waals surface area (Å²) in [6.45, 7) is 20.7. The van der Waals surface area contributed by atoms with Gasteiger partial charge in [-0.05, 0) is 80.7 Å². The predicted molar refractivity (Wildman–Crippen MR) is 113 cm³/mol. The van der Waals surface area contributed by atoms with Crippen LogP contribution in [-0.4, -0.2) is 25.6 Å². The minimum atomic E-state index is -3.13. The molecule has 0 radical (unpaired) electrons. The number of benzene rings is 1. The quantitative estimate of drug-likeness (QED) is 0.575. The molecule has 4 heteroatoms. The van der Waals surface area contributed by atoms with Gasteiger partial charge in [-0.25, -0.2) is 0 Å². The fourth-order valence-corrected chi connectivity index (χ4v) is 6.18. The lowest BCUT2D eigenvalue weighted by Crippen LogP contribution is -2.64. The van der Waals surface area contributed by atoms with Crippen molar-refractivity contribution in [3.05, 3.63) is 29.8 Å². The predicted octanol–water partition coefficient (Wildman–Crippen LogP) is 5.62. The Morgan fingerprint density at radius 3 is 1.38 bits per heavy atom. The van der Waals surface area contributed by atoms with Crippen LogP contribution in [-0.2, 0) is 19.7 Å². The van der Waals surface area contributed by atoms with E-state index in [1.165, 1.54) is 18.4 Å². The van der Waals surface area contributed by atoms with E-state index >= 15 is 0 Å². The van der Waals surface area contributed by atoms with Crippen molar-refractivity contribution in [3.8, 4) is 0 Å². The third-order valence-electron chi connectivity index (χ3n) is 3.45. The van der Waals surface area contributed by atoms with E-state index in [0.29, 0.717) is 0 Å². The molecule has 0 N–H and O–H groups in total. The van der Waals surface area contributed by atoms with E-state index < -0.39 is 8.80 Å². The average Bonchev–Trinajstić information content (AvgIpc) is 2.39. The number of rotatable bonds is 7. The smallest absolute Gasteiger partial charge is 0.365 e. The Hall–Kier alpha value is -0.683. The summed E-state index contributed by atoms with van der Waals surface area (Å²) in [6, 6.07) is 8.66. The van der Waals surface area contributed by atoms with E-state index in [4.69, 9.17) is 13.3 Å². The summed E-state index contributed by atoms with van der Waals surface area (Å²) >= 11 is 0. The van der Waals surface area contributed by atoms with Crippen molar-refractivity contribution in [2.75, 3.05) is 0 Å².